The van der Waals surface area contributed by atoms with E-state index in [2.05, 4.69) is 16.9 Å². The van der Waals surface area contributed by atoms with E-state index >= 15 is 0 Å². The van der Waals surface area contributed by atoms with E-state index in [1.807, 2.05) is 29.9 Å². The molecule has 8 heteroatoms. The fraction of sp³-hybridized carbons (Fsp3) is 0.182. The summed E-state index contributed by atoms with van der Waals surface area (Å²) in [5.41, 5.74) is 4.04. The van der Waals surface area contributed by atoms with E-state index in [9.17, 15) is 18.0 Å². The molecule has 30 heavy (non-hydrogen) atoms. The highest BCUT2D eigenvalue weighted by Gasteiger charge is 2.30. The predicted molar refractivity (Wildman–Crippen MR) is 108 cm³/mol. The maximum Gasteiger partial charge on any atom is 0.416 e. The number of halogens is 3. The smallest absolute Gasteiger partial charge is 0.355 e. The number of fused-ring (bicyclic) bond motifs is 1. The number of carbonyl (C=O) groups excluding carboxylic acids is 1. The first-order chi connectivity index (χ1) is 14.2. The minimum atomic E-state index is -4.38. The predicted octanol–water partition coefficient (Wildman–Crippen LogP) is 4.88. The fourth-order valence-corrected chi connectivity index (χ4v) is 3.50. The molecule has 0 unspecified atom stereocenters. The molecule has 0 aliphatic carbocycles. The van der Waals surface area contributed by atoms with E-state index in [1.165, 1.54) is 18.2 Å². The molecule has 0 bridgehead atoms. The van der Waals surface area contributed by atoms with Gasteiger partial charge in [-0.15, -0.1) is 0 Å². The van der Waals surface area contributed by atoms with Crippen molar-refractivity contribution in [1.29, 1.82) is 0 Å². The molecule has 2 heterocycles. The highest BCUT2D eigenvalue weighted by molar-refractivity contribution is 5.88. The third kappa shape index (κ3) is 3.80. The first-order valence-corrected chi connectivity index (χ1v) is 9.24. The lowest BCUT2D eigenvalue weighted by Crippen LogP contribution is -2.22. The van der Waals surface area contributed by atoms with Gasteiger partial charge in [-0.2, -0.15) is 13.2 Å². The molecule has 154 valence electrons. The molecule has 2 aromatic carbocycles. The summed E-state index contributed by atoms with van der Waals surface area (Å²) in [6.07, 6.45) is 0.443. The summed E-state index contributed by atoms with van der Waals surface area (Å²) >= 11 is 0. The van der Waals surface area contributed by atoms with Gasteiger partial charge in [0, 0.05) is 43.3 Å². The second-order valence-corrected chi connectivity index (χ2v) is 7.19. The Morgan fingerprint density at radius 2 is 1.83 bits per heavy atom. The summed E-state index contributed by atoms with van der Waals surface area (Å²) in [5, 5.41) is 3.21. The van der Waals surface area contributed by atoms with E-state index < -0.39 is 11.7 Å². The summed E-state index contributed by atoms with van der Waals surface area (Å²) in [6, 6.07) is 8.77. The molecule has 0 atom stereocenters. The van der Waals surface area contributed by atoms with E-state index in [0.717, 1.165) is 34.5 Å². The van der Waals surface area contributed by atoms with Crippen LogP contribution in [0.4, 0.5) is 24.5 Å². The Hall–Kier alpha value is -3.55. The molecule has 1 aliphatic heterocycles. The van der Waals surface area contributed by atoms with Gasteiger partial charge >= 0.3 is 6.18 Å². The Morgan fingerprint density at radius 1 is 1.17 bits per heavy atom. The second-order valence-electron chi connectivity index (χ2n) is 7.19. The first kappa shape index (κ1) is 19.8. The van der Waals surface area contributed by atoms with Crippen LogP contribution >= 0.6 is 0 Å². The van der Waals surface area contributed by atoms with Crippen LogP contribution in [0.1, 0.15) is 16.7 Å². The topological polar surface area (TPSA) is 50.2 Å². The summed E-state index contributed by atoms with van der Waals surface area (Å²) in [5.74, 6) is -0.150. The van der Waals surface area contributed by atoms with Crippen LogP contribution in [0.5, 0.6) is 0 Å². The Bertz CT molecular complexity index is 1120. The van der Waals surface area contributed by atoms with Gasteiger partial charge in [-0.05, 0) is 53.6 Å². The third-order valence-electron chi connectivity index (χ3n) is 5.02. The van der Waals surface area contributed by atoms with Crippen molar-refractivity contribution in [2.45, 2.75) is 19.3 Å². The van der Waals surface area contributed by atoms with Gasteiger partial charge in [0.05, 0.1) is 17.6 Å². The number of carbonyl (C=O) groups is 1. The van der Waals surface area contributed by atoms with Crippen molar-refractivity contribution in [2.24, 2.45) is 7.05 Å². The second kappa shape index (κ2) is 7.37. The van der Waals surface area contributed by atoms with Crippen LogP contribution in [0.15, 0.2) is 61.6 Å². The lowest BCUT2D eigenvalue weighted by atomic mass is 10.0. The minimum absolute atomic E-state index is 0.150. The van der Waals surface area contributed by atoms with Gasteiger partial charge in [0.2, 0.25) is 5.91 Å². The molecule has 1 N–H and O–H groups in total. The van der Waals surface area contributed by atoms with Crippen molar-refractivity contribution in [3.63, 3.8) is 0 Å². The Labute approximate surface area is 171 Å². The van der Waals surface area contributed by atoms with Crippen molar-refractivity contribution >= 4 is 17.3 Å². The van der Waals surface area contributed by atoms with E-state index in [4.69, 9.17) is 0 Å². The van der Waals surface area contributed by atoms with E-state index in [-0.39, 0.29) is 5.91 Å². The van der Waals surface area contributed by atoms with Crippen molar-refractivity contribution in [3.8, 4) is 11.3 Å². The van der Waals surface area contributed by atoms with Crippen molar-refractivity contribution in [1.82, 2.24) is 14.5 Å². The normalized spacial score (nSPS) is 13.3. The van der Waals surface area contributed by atoms with E-state index in [0.29, 0.717) is 24.5 Å². The zero-order valence-corrected chi connectivity index (χ0v) is 16.2. The standard InChI is InChI=1S/C22H19F3N4O/c1-3-21(30)29-10-14-8-18(20-12-28(2)13-26-20)19(9-15(14)11-29)27-17-6-4-16(5-7-17)22(23,24)25/h3-9,12-13,27H,1,10-11H2,2H3. The summed E-state index contributed by atoms with van der Waals surface area (Å²) in [6.45, 7) is 4.46. The Balaban J connectivity index is 1.71. The molecule has 5 nitrogen and oxygen atoms in total. The SMILES string of the molecule is C=CC(=O)N1Cc2cc(Nc3ccc(C(F)(F)F)cc3)c(-c3cn(C)cn3)cc2C1. The van der Waals surface area contributed by atoms with Crippen LogP contribution in [0.2, 0.25) is 0 Å². The van der Waals surface area contributed by atoms with Gasteiger partial charge in [-0.25, -0.2) is 4.98 Å². The maximum absolute atomic E-state index is 12.8. The number of imidazole rings is 1. The number of aromatic nitrogens is 2. The zero-order valence-electron chi connectivity index (χ0n) is 16.2. The molecule has 1 aromatic heterocycles. The molecule has 3 aromatic rings. The van der Waals surface area contributed by atoms with Crippen molar-refractivity contribution in [3.05, 3.63) is 78.3 Å². The van der Waals surface area contributed by atoms with Gasteiger partial charge in [-0.1, -0.05) is 6.58 Å². The maximum atomic E-state index is 12.8. The van der Waals surface area contributed by atoms with Crippen LogP contribution in [0, 0.1) is 0 Å². The molecule has 0 fully saturated rings. The molecule has 1 aliphatic rings. The van der Waals surface area contributed by atoms with Crippen molar-refractivity contribution < 1.29 is 18.0 Å². The highest BCUT2D eigenvalue weighted by Crippen LogP contribution is 2.37. The number of aryl methyl sites for hydroxylation is 1. The zero-order chi connectivity index (χ0) is 21.5. The number of benzene rings is 2. The average molecular weight is 412 g/mol. The number of hydrogen-bond donors (Lipinski definition) is 1. The number of rotatable bonds is 4. The third-order valence-corrected chi connectivity index (χ3v) is 5.02. The quantitative estimate of drug-likeness (QED) is 0.622. The van der Waals surface area contributed by atoms with Gasteiger partial charge in [0.25, 0.3) is 0 Å². The van der Waals surface area contributed by atoms with Crippen LogP contribution in [-0.2, 0) is 31.1 Å². The Morgan fingerprint density at radius 3 is 2.40 bits per heavy atom. The molecular formula is C22H19F3N4O. The fourth-order valence-electron chi connectivity index (χ4n) is 3.50. The number of anilines is 2. The van der Waals surface area contributed by atoms with Gasteiger partial charge in [-0.3, -0.25) is 4.79 Å². The molecule has 0 saturated carbocycles. The summed E-state index contributed by atoms with van der Waals surface area (Å²) in [4.78, 5) is 18.1. The van der Waals surface area contributed by atoms with Gasteiger partial charge < -0.3 is 14.8 Å². The molecule has 1 amide bonds. The summed E-state index contributed by atoms with van der Waals surface area (Å²) < 4.78 is 40.4. The van der Waals surface area contributed by atoms with Crippen molar-refractivity contribution in [2.75, 3.05) is 5.32 Å². The lowest BCUT2D eigenvalue weighted by molar-refractivity contribution is -0.137. The molecule has 0 radical (unpaired) electrons. The highest BCUT2D eigenvalue weighted by atomic mass is 19.4. The molecule has 0 saturated heterocycles. The minimum Gasteiger partial charge on any atom is -0.355 e. The number of amides is 1. The van der Waals surface area contributed by atoms with E-state index in [1.54, 1.807) is 11.2 Å². The molecule has 4 rings (SSSR count). The number of hydrogen-bond acceptors (Lipinski definition) is 3. The van der Waals surface area contributed by atoms with Crippen LogP contribution in [0.25, 0.3) is 11.3 Å². The first-order valence-electron chi connectivity index (χ1n) is 9.24. The monoisotopic (exact) mass is 412 g/mol. The van der Waals surface area contributed by atoms with Crippen LogP contribution in [-0.4, -0.2) is 20.4 Å². The molecule has 0 spiro atoms. The largest absolute Gasteiger partial charge is 0.416 e. The summed E-state index contributed by atoms with van der Waals surface area (Å²) in [7, 11) is 1.86. The number of nitrogens with zero attached hydrogens (tertiary/aromatic N) is 3. The lowest BCUT2D eigenvalue weighted by Gasteiger charge is -2.14. The van der Waals surface area contributed by atoms with Crippen LogP contribution in [0.3, 0.4) is 0 Å². The van der Waals surface area contributed by atoms with Gasteiger partial charge in [0.1, 0.15) is 0 Å². The number of alkyl halides is 3. The van der Waals surface area contributed by atoms with Crippen LogP contribution < -0.4 is 5.32 Å². The average Bonchev–Trinajstić information content (AvgIpc) is 3.32. The molecular weight excluding hydrogens is 393 g/mol. The Kier molecular flexibility index (Phi) is 4.85. The number of nitrogens with one attached hydrogen (secondary N) is 1. The van der Waals surface area contributed by atoms with Gasteiger partial charge in [0.15, 0.2) is 0 Å².